The third kappa shape index (κ3) is 4.18. The van der Waals surface area contributed by atoms with Crippen molar-refractivity contribution in [3.05, 3.63) is 16.4 Å². The van der Waals surface area contributed by atoms with Gasteiger partial charge in [-0.3, -0.25) is 4.68 Å². The zero-order valence-corrected chi connectivity index (χ0v) is 13.2. The van der Waals surface area contributed by atoms with Crippen molar-refractivity contribution in [3.63, 3.8) is 0 Å². The highest BCUT2D eigenvalue weighted by Crippen LogP contribution is 2.23. The first-order valence-electron chi connectivity index (χ1n) is 6.50. The first-order valence-corrected chi connectivity index (χ1v) is 7.93. The molecule has 0 amide bonds. The van der Waals surface area contributed by atoms with E-state index in [0.717, 1.165) is 30.1 Å². The maximum absolute atomic E-state index is 10.1. The van der Waals surface area contributed by atoms with Crippen LogP contribution in [0.2, 0.25) is 5.02 Å². The molecular weight excluding hydrogens is 268 g/mol. The van der Waals surface area contributed by atoms with Gasteiger partial charge in [-0.25, -0.2) is 0 Å². The summed E-state index contributed by atoms with van der Waals surface area (Å²) >= 11 is 8.03. The second-order valence-corrected chi connectivity index (χ2v) is 6.42. The van der Waals surface area contributed by atoms with Gasteiger partial charge < -0.3 is 5.11 Å². The fraction of sp³-hybridized carbons (Fsp3) is 0.769. The minimum Gasteiger partial charge on any atom is -0.392 e. The summed E-state index contributed by atoms with van der Waals surface area (Å²) in [4.78, 5) is 0. The Morgan fingerprint density at radius 2 is 2.11 bits per heavy atom. The van der Waals surface area contributed by atoms with E-state index >= 15 is 0 Å². The third-order valence-electron chi connectivity index (χ3n) is 3.03. The van der Waals surface area contributed by atoms with Crippen LogP contribution in [0.15, 0.2) is 0 Å². The topological polar surface area (TPSA) is 38.1 Å². The highest BCUT2D eigenvalue weighted by Gasteiger charge is 2.17. The summed E-state index contributed by atoms with van der Waals surface area (Å²) in [5.74, 6) is 0.749. The molecule has 18 heavy (non-hydrogen) atoms. The second-order valence-electron chi connectivity index (χ2n) is 4.57. The van der Waals surface area contributed by atoms with Gasteiger partial charge in [0.25, 0.3) is 0 Å². The first-order chi connectivity index (χ1) is 8.49. The SMILES string of the molecule is CCC(C)SCC(O)Cc1c(Cl)c(C)nn1CC. The molecule has 104 valence electrons. The third-order valence-corrected chi connectivity index (χ3v) is 5.00. The molecule has 3 nitrogen and oxygen atoms in total. The average Bonchev–Trinajstić information content (AvgIpc) is 2.63. The lowest BCUT2D eigenvalue weighted by Gasteiger charge is -2.14. The molecule has 0 aromatic carbocycles. The summed E-state index contributed by atoms with van der Waals surface area (Å²) < 4.78 is 1.88. The zero-order chi connectivity index (χ0) is 13.7. The Hall–Kier alpha value is -0.190. The molecule has 0 aliphatic heterocycles. The van der Waals surface area contributed by atoms with Crippen molar-refractivity contribution in [2.24, 2.45) is 0 Å². The van der Waals surface area contributed by atoms with E-state index in [1.807, 2.05) is 30.3 Å². The molecule has 1 aromatic rings. The van der Waals surface area contributed by atoms with Crippen LogP contribution in [-0.2, 0) is 13.0 Å². The number of nitrogens with zero attached hydrogens (tertiary/aromatic N) is 2. The molecule has 0 fully saturated rings. The molecule has 1 heterocycles. The molecule has 0 spiro atoms. The van der Waals surface area contributed by atoms with Gasteiger partial charge in [0, 0.05) is 24.0 Å². The second kappa shape index (κ2) is 7.41. The Morgan fingerprint density at radius 3 is 2.67 bits per heavy atom. The fourth-order valence-electron chi connectivity index (χ4n) is 1.74. The molecule has 0 radical (unpaired) electrons. The van der Waals surface area contributed by atoms with Gasteiger partial charge >= 0.3 is 0 Å². The Morgan fingerprint density at radius 1 is 1.44 bits per heavy atom. The molecule has 0 bridgehead atoms. The number of halogens is 1. The van der Waals surface area contributed by atoms with Crippen LogP contribution in [0.4, 0.5) is 0 Å². The largest absolute Gasteiger partial charge is 0.392 e. The first kappa shape index (κ1) is 15.9. The lowest BCUT2D eigenvalue weighted by Crippen LogP contribution is -2.18. The number of aryl methyl sites for hydroxylation is 2. The van der Waals surface area contributed by atoms with Crippen LogP contribution in [-0.4, -0.2) is 32.0 Å². The van der Waals surface area contributed by atoms with Gasteiger partial charge in [-0.15, -0.1) is 0 Å². The van der Waals surface area contributed by atoms with Gasteiger partial charge in [0.2, 0.25) is 0 Å². The maximum Gasteiger partial charge on any atom is 0.0848 e. The summed E-state index contributed by atoms with van der Waals surface area (Å²) in [6.45, 7) is 9.07. The van der Waals surface area contributed by atoms with E-state index in [4.69, 9.17) is 11.6 Å². The summed E-state index contributed by atoms with van der Waals surface area (Å²) in [6, 6.07) is 0. The number of rotatable bonds is 7. The van der Waals surface area contributed by atoms with Crippen molar-refractivity contribution in [3.8, 4) is 0 Å². The Balaban J connectivity index is 2.61. The van der Waals surface area contributed by atoms with Crippen molar-refractivity contribution in [1.29, 1.82) is 0 Å². The van der Waals surface area contributed by atoms with Crippen LogP contribution in [0, 0.1) is 6.92 Å². The van der Waals surface area contributed by atoms with Crippen LogP contribution >= 0.6 is 23.4 Å². The van der Waals surface area contributed by atoms with E-state index in [9.17, 15) is 5.11 Å². The van der Waals surface area contributed by atoms with Gasteiger partial charge in [0.15, 0.2) is 0 Å². The zero-order valence-electron chi connectivity index (χ0n) is 11.6. The van der Waals surface area contributed by atoms with E-state index in [-0.39, 0.29) is 6.10 Å². The van der Waals surface area contributed by atoms with Crippen LogP contribution in [0.1, 0.15) is 38.6 Å². The van der Waals surface area contributed by atoms with Gasteiger partial charge in [-0.1, -0.05) is 25.4 Å². The number of aliphatic hydroxyl groups is 1. The van der Waals surface area contributed by atoms with Crippen molar-refractivity contribution in [2.45, 2.75) is 58.4 Å². The summed E-state index contributed by atoms with van der Waals surface area (Å²) in [7, 11) is 0. The van der Waals surface area contributed by atoms with E-state index in [2.05, 4.69) is 18.9 Å². The predicted octanol–water partition coefficient (Wildman–Crippen LogP) is 3.30. The van der Waals surface area contributed by atoms with E-state index in [1.165, 1.54) is 0 Å². The predicted molar refractivity (Wildman–Crippen MR) is 79.6 cm³/mol. The molecule has 2 atom stereocenters. The molecular formula is C13H23ClN2OS. The van der Waals surface area contributed by atoms with Gasteiger partial charge in [0.1, 0.15) is 0 Å². The van der Waals surface area contributed by atoms with Crippen LogP contribution in [0.3, 0.4) is 0 Å². The van der Waals surface area contributed by atoms with Gasteiger partial charge in [-0.05, 0) is 20.3 Å². The smallest absolute Gasteiger partial charge is 0.0848 e. The van der Waals surface area contributed by atoms with E-state index in [1.54, 1.807) is 0 Å². The standard InChI is InChI=1S/C13H23ClN2OS/c1-5-9(3)18-8-11(17)7-12-13(14)10(4)15-16(12)6-2/h9,11,17H,5-8H2,1-4H3. The van der Waals surface area contributed by atoms with E-state index < -0.39 is 0 Å². The molecule has 1 rings (SSSR count). The average molecular weight is 291 g/mol. The molecule has 0 aliphatic carbocycles. The van der Waals surface area contributed by atoms with Crippen molar-refractivity contribution >= 4 is 23.4 Å². The number of aliphatic hydroxyl groups excluding tert-OH is 1. The summed E-state index contributed by atoms with van der Waals surface area (Å²) in [5, 5.41) is 15.7. The van der Waals surface area contributed by atoms with Crippen molar-refractivity contribution in [1.82, 2.24) is 9.78 Å². The maximum atomic E-state index is 10.1. The number of aromatic nitrogens is 2. The number of hydrogen-bond acceptors (Lipinski definition) is 3. The molecule has 0 aliphatic rings. The minimum absolute atomic E-state index is 0.358. The highest BCUT2D eigenvalue weighted by molar-refractivity contribution is 7.99. The normalized spacial score (nSPS) is 14.8. The lowest BCUT2D eigenvalue weighted by atomic mass is 10.2. The number of hydrogen-bond donors (Lipinski definition) is 1. The molecule has 0 saturated carbocycles. The minimum atomic E-state index is -0.358. The van der Waals surface area contributed by atoms with E-state index in [0.29, 0.717) is 16.7 Å². The molecule has 2 unspecified atom stereocenters. The monoisotopic (exact) mass is 290 g/mol. The van der Waals surface area contributed by atoms with Gasteiger partial charge in [-0.2, -0.15) is 16.9 Å². The highest BCUT2D eigenvalue weighted by atomic mass is 35.5. The van der Waals surface area contributed by atoms with Crippen molar-refractivity contribution < 1.29 is 5.11 Å². The van der Waals surface area contributed by atoms with Crippen LogP contribution < -0.4 is 0 Å². The summed E-state index contributed by atoms with van der Waals surface area (Å²) in [6.07, 6.45) is 1.35. The quantitative estimate of drug-likeness (QED) is 0.837. The Labute approximate surface area is 119 Å². The Bertz CT molecular complexity index is 381. The molecule has 1 aromatic heterocycles. The Kier molecular flexibility index (Phi) is 6.53. The molecule has 0 saturated heterocycles. The molecule has 1 N–H and O–H groups in total. The molecule has 5 heteroatoms. The number of thioether (sulfide) groups is 1. The van der Waals surface area contributed by atoms with Crippen LogP contribution in [0.5, 0.6) is 0 Å². The fourth-order valence-corrected chi connectivity index (χ4v) is 2.86. The lowest BCUT2D eigenvalue weighted by molar-refractivity contribution is 0.197. The summed E-state index contributed by atoms with van der Waals surface area (Å²) in [5.41, 5.74) is 1.80. The van der Waals surface area contributed by atoms with Crippen molar-refractivity contribution in [2.75, 3.05) is 5.75 Å². The van der Waals surface area contributed by atoms with Crippen LogP contribution in [0.25, 0.3) is 0 Å². The van der Waals surface area contributed by atoms with Gasteiger partial charge in [0.05, 0.1) is 22.5 Å².